The van der Waals surface area contributed by atoms with E-state index in [4.69, 9.17) is 0 Å². The molecule has 0 aromatic heterocycles. The van der Waals surface area contributed by atoms with E-state index in [-0.39, 0.29) is 11.7 Å². The molecule has 3 nitrogen and oxygen atoms in total. The van der Waals surface area contributed by atoms with E-state index < -0.39 is 15.6 Å². The van der Waals surface area contributed by atoms with Crippen molar-refractivity contribution in [3.05, 3.63) is 12.0 Å². The molecule has 0 N–H and O–H groups in total. The van der Waals surface area contributed by atoms with Crippen molar-refractivity contribution in [1.82, 2.24) is 0 Å². The number of rotatable bonds is 9. The summed E-state index contributed by atoms with van der Waals surface area (Å²) >= 11 is 0. The smallest absolute Gasteiger partial charge is 0.178 e. The molecule has 0 aliphatic carbocycles. The number of hydrogen-bond donors (Lipinski definition) is 0. The van der Waals surface area contributed by atoms with E-state index in [2.05, 4.69) is 13.5 Å². The van der Waals surface area contributed by atoms with Gasteiger partial charge in [0.15, 0.2) is 15.6 Å². The van der Waals surface area contributed by atoms with Crippen LogP contribution >= 0.6 is 0 Å². The summed E-state index contributed by atoms with van der Waals surface area (Å²) in [6.07, 6.45) is 5.22. The molecule has 0 aliphatic heterocycles. The molecule has 0 aliphatic rings. The highest BCUT2D eigenvalue weighted by atomic mass is 32.2. The lowest BCUT2D eigenvalue weighted by atomic mass is 9.99. The monoisotopic (exact) mass is 246 g/mol. The first-order valence-electron chi connectivity index (χ1n) is 5.81. The van der Waals surface area contributed by atoms with Gasteiger partial charge in [-0.25, -0.2) is 8.42 Å². The normalized spacial score (nSPS) is 13.4. The second-order valence-electron chi connectivity index (χ2n) is 4.19. The second-order valence-corrected chi connectivity index (χ2v) is 6.14. The molecule has 0 bridgehead atoms. The third kappa shape index (κ3) is 6.77. The molecule has 0 radical (unpaired) electrons. The summed E-state index contributed by atoms with van der Waals surface area (Å²) in [7, 11) is -3.38. The zero-order valence-corrected chi connectivity index (χ0v) is 11.1. The van der Waals surface area contributed by atoms with Crippen molar-refractivity contribution in [1.29, 1.82) is 0 Å². The molecule has 0 saturated carbocycles. The fraction of sp³-hybridized carbons (Fsp3) is 0.750. The Balaban J connectivity index is 3.96. The second kappa shape index (κ2) is 7.60. The van der Waals surface area contributed by atoms with Crippen LogP contribution in [0.3, 0.4) is 0 Å². The third-order valence-electron chi connectivity index (χ3n) is 2.64. The Morgan fingerprint density at radius 1 is 1.31 bits per heavy atom. The summed E-state index contributed by atoms with van der Waals surface area (Å²) in [6, 6.07) is 0. The molecule has 0 fully saturated rings. The highest BCUT2D eigenvalue weighted by molar-refractivity contribution is 7.94. The molecule has 1 atom stereocenters. The van der Waals surface area contributed by atoms with Gasteiger partial charge >= 0.3 is 0 Å². The largest absolute Gasteiger partial charge is 0.298 e. The Morgan fingerprint density at radius 3 is 2.44 bits per heavy atom. The first kappa shape index (κ1) is 15.4. The topological polar surface area (TPSA) is 51.2 Å². The number of carbonyl (C=O) groups is 1. The Morgan fingerprint density at radius 2 is 1.94 bits per heavy atom. The minimum Gasteiger partial charge on any atom is -0.298 e. The fourth-order valence-corrected chi connectivity index (χ4v) is 2.24. The molecular weight excluding hydrogens is 224 g/mol. The van der Waals surface area contributed by atoms with Crippen LogP contribution in [0.1, 0.15) is 46.0 Å². The molecule has 0 saturated heterocycles. The van der Waals surface area contributed by atoms with Crippen molar-refractivity contribution < 1.29 is 13.2 Å². The van der Waals surface area contributed by atoms with Crippen molar-refractivity contribution in [2.24, 2.45) is 5.92 Å². The summed E-state index contributed by atoms with van der Waals surface area (Å²) in [5.74, 6) is -0.756. The average Bonchev–Trinajstić information content (AvgIpc) is 2.23. The lowest BCUT2D eigenvalue weighted by Gasteiger charge is -2.09. The zero-order chi connectivity index (χ0) is 12.6. The van der Waals surface area contributed by atoms with Crippen LogP contribution in [0, 0.1) is 5.92 Å². The lowest BCUT2D eigenvalue weighted by Crippen LogP contribution is -2.20. The number of ketones is 1. The third-order valence-corrected chi connectivity index (χ3v) is 3.83. The first-order valence-corrected chi connectivity index (χ1v) is 7.52. The predicted octanol–water partition coefficient (Wildman–Crippen LogP) is 2.72. The minimum absolute atomic E-state index is 0.161. The van der Waals surface area contributed by atoms with E-state index >= 15 is 0 Å². The summed E-state index contributed by atoms with van der Waals surface area (Å²) in [5, 5.41) is 0.856. The molecule has 16 heavy (non-hydrogen) atoms. The maximum Gasteiger partial charge on any atom is 0.178 e. The molecule has 4 heteroatoms. The maximum absolute atomic E-state index is 11.6. The van der Waals surface area contributed by atoms with Gasteiger partial charge in [-0.3, -0.25) is 4.79 Å². The van der Waals surface area contributed by atoms with E-state index in [0.717, 1.165) is 31.1 Å². The van der Waals surface area contributed by atoms with Crippen LogP contribution in [0.5, 0.6) is 0 Å². The summed E-state index contributed by atoms with van der Waals surface area (Å²) < 4.78 is 22.3. The van der Waals surface area contributed by atoms with Gasteiger partial charge in [-0.1, -0.05) is 46.1 Å². The van der Waals surface area contributed by atoms with E-state index in [9.17, 15) is 13.2 Å². The highest BCUT2D eigenvalue weighted by Gasteiger charge is 2.18. The van der Waals surface area contributed by atoms with Crippen LogP contribution in [-0.2, 0) is 14.6 Å². The maximum atomic E-state index is 11.6. The van der Waals surface area contributed by atoms with Crippen molar-refractivity contribution >= 4 is 15.6 Å². The summed E-state index contributed by atoms with van der Waals surface area (Å²) in [6.45, 7) is 7.12. The van der Waals surface area contributed by atoms with Crippen LogP contribution in [0.4, 0.5) is 0 Å². The van der Waals surface area contributed by atoms with E-state index in [1.54, 1.807) is 6.92 Å². The van der Waals surface area contributed by atoms with Crippen molar-refractivity contribution in [3.63, 3.8) is 0 Å². The van der Waals surface area contributed by atoms with Gasteiger partial charge in [0, 0.05) is 11.3 Å². The first-order chi connectivity index (χ1) is 7.43. The highest BCUT2D eigenvalue weighted by Crippen LogP contribution is 2.12. The van der Waals surface area contributed by atoms with Gasteiger partial charge in [0.25, 0.3) is 0 Å². The van der Waals surface area contributed by atoms with Crippen molar-refractivity contribution in [2.45, 2.75) is 46.0 Å². The van der Waals surface area contributed by atoms with Gasteiger partial charge < -0.3 is 0 Å². The molecule has 0 aromatic carbocycles. The van der Waals surface area contributed by atoms with Gasteiger partial charge in [0.05, 0.1) is 0 Å². The summed E-state index contributed by atoms with van der Waals surface area (Å²) in [4.78, 5) is 11.6. The molecule has 0 spiro atoms. The molecule has 0 heterocycles. The number of sulfone groups is 1. The number of hydrogen-bond acceptors (Lipinski definition) is 3. The average molecular weight is 246 g/mol. The lowest BCUT2D eigenvalue weighted by molar-refractivity contribution is -0.120. The van der Waals surface area contributed by atoms with E-state index in [0.29, 0.717) is 0 Å². The van der Waals surface area contributed by atoms with Crippen LogP contribution in [0.15, 0.2) is 12.0 Å². The Hall–Kier alpha value is -0.640. The van der Waals surface area contributed by atoms with Gasteiger partial charge in [-0.05, 0) is 6.42 Å². The fourth-order valence-electron chi connectivity index (χ4n) is 1.44. The van der Waals surface area contributed by atoms with Crippen LogP contribution in [0.25, 0.3) is 0 Å². The van der Waals surface area contributed by atoms with Crippen LogP contribution in [0.2, 0.25) is 0 Å². The predicted molar refractivity (Wildman–Crippen MR) is 66.9 cm³/mol. The van der Waals surface area contributed by atoms with Crippen LogP contribution < -0.4 is 0 Å². The Bertz CT molecular complexity index is 317. The van der Waals surface area contributed by atoms with E-state index in [1.165, 1.54) is 6.42 Å². The Kier molecular flexibility index (Phi) is 7.30. The standard InChI is InChI=1S/C12H22O3S/c1-4-6-7-8-9-11(3)12(13)10-16(14,15)5-2/h5,11H,2,4,6-10H2,1,3H3. The number of unbranched alkanes of at least 4 members (excludes halogenated alkanes) is 3. The van der Waals surface area contributed by atoms with E-state index in [1.807, 2.05) is 0 Å². The van der Waals surface area contributed by atoms with Gasteiger partial charge in [-0.2, -0.15) is 0 Å². The summed E-state index contributed by atoms with van der Waals surface area (Å²) in [5.41, 5.74) is 0. The SMILES string of the molecule is C=CS(=O)(=O)CC(=O)C(C)CCCCCC. The molecule has 0 aromatic rings. The Labute approximate surface area is 98.9 Å². The minimum atomic E-state index is -3.38. The quantitative estimate of drug-likeness (QED) is 0.588. The number of Topliss-reactive ketones (excluding diaryl/α,β-unsaturated/α-hetero) is 1. The van der Waals surface area contributed by atoms with Crippen LogP contribution in [-0.4, -0.2) is 20.0 Å². The molecule has 0 rings (SSSR count). The molecule has 1 unspecified atom stereocenters. The van der Waals surface area contributed by atoms with Gasteiger partial charge in [0.1, 0.15) is 5.75 Å². The van der Waals surface area contributed by atoms with Crippen molar-refractivity contribution in [2.75, 3.05) is 5.75 Å². The van der Waals surface area contributed by atoms with Crippen molar-refractivity contribution in [3.8, 4) is 0 Å². The van der Waals surface area contributed by atoms with Gasteiger partial charge in [0.2, 0.25) is 0 Å². The molecule has 0 amide bonds. The molecular formula is C12H22O3S. The van der Waals surface area contributed by atoms with Gasteiger partial charge in [-0.15, -0.1) is 0 Å². The number of carbonyl (C=O) groups excluding carboxylic acids is 1. The molecule has 94 valence electrons. The zero-order valence-electron chi connectivity index (χ0n) is 10.2.